The summed E-state index contributed by atoms with van der Waals surface area (Å²) in [7, 11) is 0. The molecule has 44 heavy (non-hydrogen) atoms. The van der Waals surface area contributed by atoms with E-state index in [1.165, 1.54) is 13.8 Å². The lowest BCUT2D eigenvalue weighted by molar-refractivity contribution is -0.214. The maximum atomic E-state index is 13.2. The van der Waals surface area contributed by atoms with Gasteiger partial charge in [0.25, 0.3) is 0 Å². The van der Waals surface area contributed by atoms with Crippen molar-refractivity contribution in [2.24, 2.45) is 17.8 Å². The lowest BCUT2D eigenvalue weighted by Crippen LogP contribution is -2.64. The third-order valence-corrected chi connectivity index (χ3v) is 9.15. The number of fused-ring (bicyclic) bond motifs is 3. The van der Waals surface area contributed by atoms with Crippen LogP contribution in [0.4, 0.5) is 0 Å². The van der Waals surface area contributed by atoms with Crippen molar-refractivity contribution in [2.45, 2.75) is 130 Å². The number of esters is 5. The molecule has 0 aromatic carbocycles. The highest BCUT2D eigenvalue weighted by Crippen LogP contribution is 2.57. The average Bonchev–Trinajstić information content (AvgIpc) is 3.25. The van der Waals surface area contributed by atoms with E-state index in [1.807, 2.05) is 13.8 Å². The molecule has 2 aliphatic carbocycles. The molecule has 0 aromatic rings. The molecule has 0 amide bonds. The van der Waals surface area contributed by atoms with E-state index in [9.17, 15) is 34.2 Å². The highest BCUT2D eigenvalue weighted by molar-refractivity contribution is 5.88. The summed E-state index contributed by atoms with van der Waals surface area (Å²) in [5, 5.41) is 23.9. The Hall–Kier alpha value is -3.25. The first-order chi connectivity index (χ1) is 20.3. The molecule has 1 heterocycles. The molecule has 1 saturated heterocycles. The maximum absolute atomic E-state index is 13.2. The van der Waals surface area contributed by atoms with E-state index in [2.05, 4.69) is 0 Å². The first-order valence-electron chi connectivity index (χ1n) is 15.1. The van der Waals surface area contributed by atoms with E-state index >= 15 is 0 Å². The Morgan fingerprint density at radius 2 is 1.68 bits per heavy atom. The van der Waals surface area contributed by atoms with E-state index in [0.29, 0.717) is 6.42 Å². The van der Waals surface area contributed by atoms with E-state index in [-0.39, 0.29) is 29.1 Å². The molecule has 12 nitrogen and oxygen atoms in total. The molecular weight excluding hydrogens is 576 g/mol. The third-order valence-electron chi connectivity index (χ3n) is 9.15. The molecule has 0 aromatic heterocycles. The summed E-state index contributed by atoms with van der Waals surface area (Å²) in [6, 6.07) is 0. The van der Waals surface area contributed by atoms with Crippen LogP contribution in [0.15, 0.2) is 22.8 Å². The summed E-state index contributed by atoms with van der Waals surface area (Å²) in [6.45, 7) is 15.5. The van der Waals surface area contributed by atoms with Gasteiger partial charge in [0, 0.05) is 25.3 Å². The topological polar surface area (TPSA) is 172 Å². The second-order valence-corrected chi connectivity index (χ2v) is 13.0. The zero-order chi connectivity index (χ0) is 33.5. The van der Waals surface area contributed by atoms with E-state index in [4.69, 9.17) is 23.7 Å². The van der Waals surface area contributed by atoms with Crippen LogP contribution in [0.5, 0.6) is 0 Å². The SMILES string of the molecule is C/C=C(/C)C(=O)O[C@@H]1C(C)=C2[C@H]3OC(=O)[C@](C)(O)[C@]3(O)[C@H](OC(=O)[C@H](C)CC)C[C@@](C)(OC(C)=O)[C@@H]2[C@H]1OC(=O)CC(C)C. The van der Waals surface area contributed by atoms with Crippen LogP contribution in [-0.4, -0.2) is 81.3 Å². The number of hydrogen-bond donors (Lipinski definition) is 2. The molecule has 0 radical (unpaired) electrons. The summed E-state index contributed by atoms with van der Waals surface area (Å²) in [5.41, 5.74) is -6.19. The minimum absolute atomic E-state index is 0.0165. The van der Waals surface area contributed by atoms with Gasteiger partial charge in [-0.15, -0.1) is 0 Å². The van der Waals surface area contributed by atoms with E-state index in [0.717, 1.165) is 6.92 Å². The lowest BCUT2D eigenvalue weighted by atomic mass is 9.75. The number of allylic oxidation sites excluding steroid dienone is 1. The normalized spacial score (nSPS) is 35.7. The van der Waals surface area contributed by atoms with Gasteiger partial charge >= 0.3 is 29.8 Å². The van der Waals surface area contributed by atoms with Gasteiger partial charge in [0.2, 0.25) is 0 Å². The predicted molar refractivity (Wildman–Crippen MR) is 154 cm³/mol. The predicted octanol–water partition coefficient (Wildman–Crippen LogP) is 2.86. The van der Waals surface area contributed by atoms with Gasteiger partial charge in [-0.05, 0) is 58.1 Å². The highest BCUT2D eigenvalue weighted by Gasteiger charge is 2.76. The van der Waals surface area contributed by atoms with Crippen LogP contribution in [0, 0.1) is 17.8 Å². The van der Waals surface area contributed by atoms with Gasteiger partial charge < -0.3 is 33.9 Å². The summed E-state index contributed by atoms with van der Waals surface area (Å²) in [6.07, 6.45) is -4.27. The molecule has 0 bridgehead atoms. The largest absolute Gasteiger partial charge is 0.459 e. The number of hydrogen-bond acceptors (Lipinski definition) is 12. The average molecular weight is 623 g/mol. The summed E-state index contributed by atoms with van der Waals surface area (Å²) in [5.74, 6) is -5.81. The van der Waals surface area contributed by atoms with Gasteiger partial charge in [0.1, 0.15) is 11.7 Å². The van der Waals surface area contributed by atoms with Gasteiger partial charge in [-0.2, -0.15) is 0 Å². The zero-order valence-corrected chi connectivity index (χ0v) is 27.2. The van der Waals surface area contributed by atoms with Gasteiger partial charge in [0.15, 0.2) is 29.5 Å². The van der Waals surface area contributed by atoms with Crippen LogP contribution < -0.4 is 0 Å². The molecule has 1 aliphatic heterocycles. The van der Waals surface area contributed by atoms with Crippen LogP contribution >= 0.6 is 0 Å². The molecule has 2 fully saturated rings. The molecule has 12 heteroatoms. The molecule has 0 unspecified atom stereocenters. The van der Waals surface area contributed by atoms with E-state index < -0.39 is 89.3 Å². The van der Waals surface area contributed by atoms with E-state index in [1.54, 1.807) is 40.7 Å². The van der Waals surface area contributed by atoms with Crippen molar-refractivity contribution in [3.63, 3.8) is 0 Å². The lowest BCUT2D eigenvalue weighted by Gasteiger charge is -2.42. The van der Waals surface area contributed by atoms with Crippen LogP contribution in [0.25, 0.3) is 0 Å². The van der Waals surface area contributed by atoms with Gasteiger partial charge in [0.05, 0.1) is 11.8 Å². The van der Waals surface area contributed by atoms with Crippen LogP contribution in [-0.2, 0) is 47.7 Å². The Labute approximate surface area is 258 Å². The van der Waals surface area contributed by atoms with Crippen molar-refractivity contribution >= 4 is 29.8 Å². The highest BCUT2D eigenvalue weighted by atomic mass is 16.6. The van der Waals surface area contributed by atoms with Crippen molar-refractivity contribution in [1.82, 2.24) is 0 Å². The second-order valence-electron chi connectivity index (χ2n) is 13.0. The molecule has 3 rings (SSSR count). The summed E-state index contributed by atoms with van der Waals surface area (Å²) in [4.78, 5) is 65.0. The first kappa shape index (κ1) is 35.2. The van der Waals surface area contributed by atoms with Crippen LogP contribution in [0.2, 0.25) is 0 Å². The fourth-order valence-electron chi connectivity index (χ4n) is 6.35. The maximum Gasteiger partial charge on any atom is 0.341 e. The van der Waals surface area contributed by atoms with Crippen molar-refractivity contribution in [3.8, 4) is 0 Å². The standard InChI is InChI=1S/C32H46O12/c1-11-16(5)27(35)40-20-14-30(9,44-19(8)33)23-22(26-32(20,39)31(10,38)29(37)43-26)18(7)24(42-28(36)17(6)12-2)25(23)41-21(34)13-15(3)4/h12,15-16,20,23-26,38-39H,11,13-14H2,1-10H3/b17-12-/t16-,20-,23+,24-,25-,26-,30-,31+,32+/m1/s1. The molecule has 9 atom stereocenters. The fraction of sp³-hybridized carbons (Fsp3) is 0.719. The smallest absolute Gasteiger partial charge is 0.341 e. The monoisotopic (exact) mass is 622 g/mol. The number of carbonyl (C=O) groups is 5. The minimum atomic E-state index is -2.59. The first-order valence-corrected chi connectivity index (χ1v) is 15.1. The van der Waals surface area contributed by atoms with Crippen molar-refractivity contribution in [1.29, 1.82) is 0 Å². The minimum Gasteiger partial charge on any atom is -0.459 e. The molecule has 0 spiro atoms. The molecule has 1 saturated carbocycles. The number of rotatable bonds is 9. The fourth-order valence-corrected chi connectivity index (χ4v) is 6.35. The number of carbonyl (C=O) groups excluding carboxylic acids is 5. The number of ether oxygens (including phenoxy) is 5. The molecular formula is C32H46O12. The Morgan fingerprint density at radius 1 is 1.07 bits per heavy atom. The molecule has 3 aliphatic rings. The number of aliphatic hydroxyl groups is 2. The molecule has 2 N–H and O–H groups in total. The van der Waals surface area contributed by atoms with Crippen LogP contribution in [0.1, 0.15) is 88.5 Å². The summed E-state index contributed by atoms with van der Waals surface area (Å²) < 4.78 is 29.2. The van der Waals surface area contributed by atoms with Crippen molar-refractivity contribution in [3.05, 3.63) is 22.8 Å². The quantitative estimate of drug-likeness (QED) is 0.167. The molecule has 246 valence electrons. The Balaban J connectivity index is 2.34. The van der Waals surface area contributed by atoms with Crippen molar-refractivity contribution < 1.29 is 57.9 Å². The van der Waals surface area contributed by atoms with Crippen molar-refractivity contribution in [2.75, 3.05) is 0 Å². The summed E-state index contributed by atoms with van der Waals surface area (Å²) >= 11 is 0. The van der Waals surface area contributed by atoms with Crippen LogP contribution in [0.3, 0.4) is 0 Å². The Bertz CT molecular complexity index is 1260. The Kier molecular flexibility index (Phi) is 10.1. The van der Waals surface area contributed by atoms with Gasteiger partial charge in [-0.3, -0.25) is 14.4 Å². The van der Waals surface area contributed by atoms with Gasteiger partial charge in [-0.25, -0.2) is 9.59 Å². The third kappa shape index (κ3) is 6.02. The zero-order valence-electron chi connectivity index (χ0n) is 27.2. The Morgan fingerprint density at radius 3 is 2.20 bits per heavy atom. The second kappa shape index (κ2) is 12.6. The van der Waals surface area contributed by atoms with Gasteiger partial charge in [-0.1, -0.05) is 33.8 Å².